The highest BCUT2D eigenvalue weighted by atomic mass is 79.9. The highest BCUT2D eigenvalue weighted by molar-refractivity contribution is 9.10. The number of aromatic nitrogens is 4. The molecule has 4 N–H and O–H groups in total. The number of benzene rings is 1. The van der Waals surface area contributed by atoms with Crippen molar-refractivity contribution in [1.82, 2.24) is 19.5 Å². The van der Waals surface area contributed by atoms with Gasteiger partial charge >= 0.3 is 0 Å². The fourth-order valence-electron chi connectivity index (χ4n) is 1.93. The number of hydrogen-bond acceptors (Lipinski definition) is 5. The molecule has 1 aromatic carbocycles. The molecule has 6 nitrogen and oxygen atoms in total. The molecule has 0 spiro atoms. The van der Waals surface area contributed by atoms with E-state index in [0.717, 1.165) is 15.7 Å². The van der Waals surface area contributed by atoms with Crippen LogP contribution in [0.1, 0.15) is 5.56 Å². The van der Waals surface area contributed by atoms with E-state index in [1.807, 2.05) is 22.8 Å². The molecule has 0 fully saturated rings. The second kappa shape index (κ2) is 4.51. The van der Waals surface area contributed by atoms with E-state index < -0.39 is 0 Å². The zero-order chi connectivity index (χ0) is 13.4. The lowest BCUT2D eigenvalue weighted by molar-refractivity contribution is 0.812. The van der Waals surface area contributed by atoms with Gasteiger partial charge in [-0.2, -0.15) is 0 Å². The van der Waals surface area contributed by atoms with Gasteiger partial charge in [0.1, 0.15) is 11.8 Å². The quantitative estimate of drug-likeness (QED) is 0.702. The van der Waals surface area contributed by atoms with Gasteiger partial charge in [-0.3, -0.25) is 0 Å². The zero-order valence-electron chi connectivity index (χ0n) is 9.92. The molecular weight excluding hydrogens is 308 g/mol. The first kappa shape index (κ1) is 11.9. The summed E-state index contributed by atoms with van der Waals surface area (Å²) in [5.41, 5.74) is 14.8. The number of rotatable bonds is 2. The van der Waals surface area contributed by atoms with E-state index in [1.165, 1.54) is 6.33 Å². The maximum absolute atomic E-state index is 5.99. The van der Waals surface area contributed by atoms with Crippen molar-refractivity contribution in [2.24, 2.45) is 0 Å². The molecular formula is C12H11BrN6. The van der Waals surface area contributed by atoms with Gasteiger partial charge in [0.2, 0.25) is 0 Å². The Morgan fingerprint density at radius 3 is 2.79 bits per heavy atom. The number of hydrogen-bond donors (Lipinski definition) is 2. The van der Waals surface area contributed by atoms with Crippen LogP contribution in [0.15, 0.2) is 35.3 Å². The summed E-state index contributed by atoms with van der Waals surface area (Å²) in [5.74, 6) is 0.379. The van der Waals surface area contributed by atoms with Crippen LogP contribution < -0.4 is 11.5 Å². The Hall–Kier alpha value is -2.15. The molecule has 0 radical (unpaired) electrons. The van der Waals surface area contributed by atoms with Gasteiger partial charge in [-0.1, -0.05) is 22.0 Å². The van der Waals surface area contributed by atoms with E-state index in [-0.39, 0.29) is 0 Å². The summed E-state index contributed by atoms with van der Waals surface area (Å²) in [5, 5.41) is 0. The Morgan fingerprint density at radius 1 is 1.16 bits per heavy atom. The van der Waals surface area contributed by atoms with E-state index in [4.69, 9.17) is 11.5 Å². The second-order valence-corrected chi connectivity index (χ2v) is 4.97. The van der Waals surface area contributed by atoms with E-state index in [1.54, 1.807) is 6.33 Å². The fraction of sp³-hybridized carbons (Fsp3) is 0.0833. The van der Waals surface area contributed by atoms with Gasteiger partial charge in [0.15, 0.2) is 11.5 Å². The van der Waals surface area contributed by atoms with Crippen molar-refractivity contribution in [2.45, 2.75) is 6.54 Å². The summed E-state index contributed by atoms with van der Waals surface area (Å²) < 4.78 is 2.85. The lowest BCUT2D eigenvalue weighted by Crippen LogP contribution is -2.04. The molecule has 0 atom stereocenters. The van der Waals surface area contributed by atoms with E-state index in [2.05, 4.69) is 30.9 Å². The molecule has 3 aromatic rings. The molecule has 0 amide bonds. The molecule has 2 heterocycles. The van der Waals surface area contributed by atoms with Crippen molar-refractivity contribution < 1.29 is 0 Å². The van der Waals surface area contributed by atoms with Crippen LogP contribution in [0.2, 0.25) is 0 Å². The molecule has 0 aliphatic carbocycles. The maximum atomic E-state index is 5.99. The van der Waals surface area contributed by atoms with Gasteiger partial charge in [-0.05, 0) is 12.1 Å². The normalized spacial score (nSPS) is 11.0. The first-order valence-corrected chi connectivity index (χ1v) is 6.40. The number of imidazole rings is 1. The van der Waals surface area contributed by atoms with Crippen LogP contribution >= 0.6 is 15.9 Å². The molecule has 0 unspecified atom stereocenters. The number of halogens is 1. The Kier molecular flexibility index (Phi) is 2.83. The number of nitrogens with two attached hydrogens (primary N) is 2. The highest BCUT2D eigenvalue weighted by Gasteiger charge is 2.10. The van der Waals surface area contributed by atoms with E-state index in [9.17, 15) is 0 Å². The van der Waals surface area contributed by atoms with Crippen molar-refractivity contribution in [2.75, 3.05) is 11.5 Å². The molecule has 3 rings (SSSR count). The molecule has 19 heavy (non-hydrogen) atoms. The number of fused-ring (bicyclic) bond motifs is 1. The SMILES string of the molecule is Nc1cccc(Br)c1Cn1cnc2c(N)ncnc21. The van der Waals surface area contributed by atoms with Gasteiger partial charge in [-0.25, -0.2) is 15.0 Å². The van der Waals surface area contributed by atoms with Gasteiger partial charge in [0.05, 0.1) is 12.9 Å². The van der Waals surface area contributed by atoms with Crippen molar-refractivity contribution in [3.63, 3.8) is 0 Å². The number of nitrogen functional groups attached to an aromatic ring is 2. The van der Waals surface area contributed by atoms with Crippen LogP contribution in [-0.4, -0.2) is 19.5 Å². The summed E-state index contributed by atoms with van der Waals surface area (Å²) in [4.78, 5) is 12.4. The molecule has 0 aliphatic rings. The molecule has 96 valence electrons. The molecule has 0 bridgehead atoms. The average Bonchev–Trinajstić information content (AvgIpc) is 2.79. The minimum absolute atomic E-state index is 0.379. The Morgan fingerprint density at radius 2 is 2.00 bits per heavy atom. The molecule has 0 aliphatic heterocycles. The number of nitrogens with zero attached hydrogens (tertiary/aromatic N) is 4. The Labute approximate surface area is 117 Å². The van der Waals surface area contributed by atoms with E-state index >= 15 is 0 Å². The van der Waals surface area contributed by atoms with Gasteiger partial charge < -0.3 is 16.0 Å². The Balaban J connectivity index is 2.09. The molecule has 7 heteroatoms. The van der Waals surface area contributed by atoms with Crippen molar-refractivity contribution in [3.8, 4) is 0 Å². The number of anilines is 2. The summed E-state index contributed by atoms with van der Waals surface area (Å²) in [6.45, 7) is 0.570. The molecule has 2 aromatic heterocycles. The summed E-state index contributed by atoms with van der Waals surface area (Å²) in [7, 11) is 0. The second-order valence-electron chi connectivity index (χ2n) is 4.11. The van der Waals surface area contributed by atoms with Gasteiger partial charge in [0, 0.05) is 15.7 Å². The maximum Gasteiger partial charge on any atom is 0.165 e. The van der Waals surface area contributed by atoms with Crippen LogP contribution in [0.3, 0.4) is 0 Å². The fourth-order valence-corrected chi connectivity index (χ4v) is 2.43. The van der Waals surface area contributed by atoms with Crippen LogP contribution in [0.25, 0.3) is 11.2 Å². The summed E-state index contributed by atoms with van der Waals surface area (Å²) in [6, 6.07) is 5.71. The minimum Gasteiger partial charge on any atom is -0.398 e. The standard InChI is InChI=1S/C12H11BrN6/c13-8-2-1-3-9(14)7(8)4-19-6-18-10-11(15)16-5-17-12(10)19/h1-3,5-6H,4,14H2,(H2,15,16,17). The van der Waals surface area contributed by atoms with Gasteiger partial charge in [0.25, 0.3) is 0 Å². The first-order valence-electron chi connectivity index (χ1n) is 5.61. The van der Waals surface area contributed by atoms with Crippen molar-refractivity contribution in [1.29, 1.82) is 0 Å². The van der Waals surface area contributed by atoms with Crippen LogP contribution in [-0.2, 0) is 6.54 Å². The topological polar surface area (TPSA) is 95.6 Å². The van der Waals surface area contributed by atoms with E-state index in [0.29, 0.717) is 23.5 Å². The average molecular weight is 319 g/mol. The predicted octanol–water partition coefficient (Wildman–Crippen LogP) is 1.80. The monoisotopic (exact) mass is 318 g/mol. The highest BCUT2D eigenvalue weighted by Crippen LogP contribution is 2.25. The third-order valence-corrected chi connectivity index (χ3v) is 3.66. The molecule has 0 saturated heterocycles. The Bertz CT molecular complexity index is 731. The van der Waals surface area contributed by atoms with Gasteiger partial charge in [-0.15, -0.1) is 0 Å². The van der Waals surface area contributed by atoms with Crippen molar-refractivity contribution in [3.05, 3.63) is 40.9 Å². The largest absolute Gasteiger partial charge is 0.398 e. The lowest BCUT2D eigenvalue weighted by atomic mass is 10.2. The minimum atomic E-state index is 0.379. The third kappa shape index (κ3) is 2.01. The lowest BCUT2D eigenvalue weighted by Gasteiger charge is -2.09. The molecule has 0 saturated carbocycles. The van der Waals surface area contributed by atoms with Crippen LogP contribution in [0.4, 0.5) is 11.5 Å². The zero-order valence-corrected chi connectivity index (χ0v) is 11.5. The first-order chi connectivity index (χ1) is 9.16. The summed E-state index contributed by atoms with van der Waals surface area (Å²) in [6.07, 6.45) is 3.12. The summed E-state index contributed by atoms with van der Waals surface area (Å²) >= 11 is 3.50. The third-order valence-electron chi connectivity index (χ3n) is 2.91. The predicted molar refractivity (Wildman–Crippen MR) is 77.4 cm³/mol. The van der Waals surface area contributed by atoms with Crippen molar-refractivity contribution >= 4 is 38.6 Å². The van der Waals surface area contributed by atoms with Crippen LogP contribution in [0, 0.1) is 0 Å². The smallest absolute Gasteiger partial charge is 0.165 e. The van der Waals surface area contributed by atoms with Crippen LogP contribution in [0.5, 0.6) is 0 Å².